The van der Waals surface area contributed by atoms with Crippen LogP contribution in [0.25, 0.3) is 0 Å². The van der Waals surface area contributed by atoms with Gasteiger partial charge >= 0.3 is 0 Å². The van der Waals surface area contributed by atoms with Gasteiger partial charge in [0.15, 0.2) is 0 Å². The molecule has 0 aliphatic heterocycles. The molecule has 0 saturated carbocycles. The van der Waals surface area contributed by atoms with Crippen molar-refractivity contribution in [1.29, 1.82) is 0 Å². The molecule has 0 bridgehead atoms. The van der Waals surface area contributed by atoms with E-state index in [0.29, 0.717) is 5.56 Å². The molecule has 0 unspecified atom stereocenters. The molecule has 0 saturated heterocycles. The van der Waals surface area contributed by atoms with Crippen molar-refractivity contribution < 1.29 is 9.22 Å². The summed E-state index contributed by atoms with van der Waals surface area (Å²) in [7, 11) is 1.65. The minimum Gasteiger partial charge on any atom is -0.539 e. The number of amides is 1. The molecule has 5 heteroatoms. The summed E-state index contributed by atoms with van der Waals surface area (Å²) in [5.41, 5.74) is 0.709. The monoisotopic (exact) mass is 351 g/mol. The van der Waals surface area contributed by atoms with Crippen LogP contribution in [-0.4, -0.2) is 33.2 Å². The first-order valence-electron chi connectivity index (χ1n) is 7.83. The van der Waals surface area contributed by atoms with Crippen molar-refractivity contribution in [2.24, 2.45) is 0 Å². The average Bonchev–Trinajstić information content (AvgIpc) is 2.44. The SMILES string of the molecule is C/C=C(\O[Si](C)(C)C(C)(C)C)Sc1ccccc1C(=O)N(C)C. The predicted octanol–water partition coefficient (Wildman–Crippen LogP) is 5.36. The van der Waals surface area contributed by atoms with Crippen molar-refractivity contribution in [3.8, 4) is 0 Å². The minimum atomic E-state index is -1.89. The number of rotatable bonds is 5. The lowest BCUT2D eigenvalue weighted by atomic mass is 10.2. The number of carbonyl (C=O) groups is 1. The highest BCUT2D eigenvalue weighted by atomic mass is 32.2. The number of carbonyl (C=O) groups excluding carboxylic acids is 1. The van der Waals surface area contributed by atoms with Crippen LogP contribution in [0.15, 0.2) is 40.3 Å². The fourth-order valence-corrected chi connectivity index (χ4v) is 4.09. The van der Waals surface area contributed by atoms with Crippen LogP contribution in [0.4, 0.5) is 0 Å². The zero-order chi connectivity index (χ0) is 17.8. The van der Waals surface area contributed by atoms with Crippen molar-refractivity contribution >= 4 is 26.0 Å². The van der Waals surface area contributed by atoms with E-state index in [1.54, 1.807) is 19.0 Å². The second kappa shape index (κ2) is 7.58. The summed E-state index contributed by atoms with van der Waals surface area (Å²) in [6.07, 6.45) is 1.99. The first kappa shape index (κ1) is 19.8. The summed E-state index contributed by atoms with van der Waals surface area (Å²) in [6, 6.07) is 7.68. The lowest BCUT2D eigenvalue weighted by Gasteiger charge is -2.37. The van der Waals surface area contributed by atoms with Gasteiger partial charge in [-0.2, -0.15) is 0 Å². The van der Waals surface area contributed by atoms with E-state index in [2.05, 4.69) is 33.9 Å². The standard InChI is InChI=1S/C18H29NO2SSi/c1-9-16(21-23(7,8)18(2,3)4)22-15-13-11-10-12-14(15)17(20)19(5)6/h9-13H,1-8H3/b16-9+. The van der Waals surface area contributed by atoms with E-state index in [1.807, 2.05) is 37.3 Å². The molecule has 0 aliphatic carbocycles. The minimum absolute atomic E-state index is 0.0101. The van der Waals surface area contributed by atoms with Crippen molar-refractivity contribution in [3.05, 3.63) is 41.0 Å². The van der Waals surface area contributed by atoms with Gasteiger partial charge in [0.2, 0.25) is 0 Å². The van der Waals surface area contributed by atoms with Crippen LogP contribution < -0.4 is 0 Å². The quantitative estimate of drug-likeness (QED) is 0.406. The van der Waals surface area contributed by atoms with E-state index in [0.717, 1.165) is 9.99 Å². The summed E-state index contributed by atoms with van der Waals surface area (Å²) in [5, 5.41) is 1.01. The summed E-state index contributed by atoms with van der Waals surface area (Å²) < 4.78 is 6.39. The van der Waals surface area contributed by atoms with Gasteiger partial charge in [-0.3, -0.25) is 4.79 Å². The Morgan fingerprint density at radius 2 is 1.78 bits per heavy atom. The van der Waals surface area contributed by atoms with Gasteiger partial charge in [0.05, 0.1) is 5.56 Å². The molecule has 0 aliphatic rings. The molecule has 128 valence electrons. The number of allylic oxidation sites excluding steroid dienone is 1. The highest BCUT2D eigenvalue weighted by Gasteiger charge is 2.39. The van der Waals surface area contributed by atoms with Gasteiger partial charge in [0, 0.05) is 19.0 Å². The second-order valence-corrected chi connectivity index (χ2v) is 13.0. The maximum absolute atomic E-state index is 12.3. The van der Waals surface area contributed by atoms with Crippen LogP contribution in [0.2, 0.25) is 18.1 Å². The highest BCUT2D eigenvalue weighted by molar-refractivity contribution is 8.03. The third-order valence-electron chi connectivity index (χ3n) is 4.13. The maximum Gasteiger partial charge on any atom is 0.254 e. The summed E-state index contributed by atoms with van der Waals surface area (Å²) >= 11 is 1.53. The molecule has 23 heavy (non-hydrogen) atoms. The summed E-state index contributed by atoms with van der Waals surface area (Å²) in [5.74, 6) is 0.0101. The third kappa shape index (κ3) is 5.14. The van der Waals surface area contributed by atoms with E-state index < -0.39 is 8.32 Å². The van der Waals surface area contributed by atoms with E-state index in [9.17, 15) is 4.79 Å². The molecule has 1 amide bonds. The van der Waals surface area contributed by atoms with Crippen LogP contribution in [0.1, 0.15) is 38.1 Å². The Hall–Kier alpha value is -1.20. The van der Waals surface area contributed by atoms with E-state index in [4.69, 9.17) is 4.43 Å². The van der Waals surface area contributed by atoms with Gasteiger partial charge < -0.3 is 9.33 Å². The Balaban J connectivity index is 3.05. The van der Waals surface area contributed by atoms with Gasteiger partial charge in [-0.05, 0) is 43.3 Å². The maximum atomic E-state index is 12.3. The van der Waals surface area contributed by atoms with Crippen molar-refractivity contribution in [2.75, 3.05) is 14.1 Å². The Morgan fingerprint density at radius 3 is 2.26 bits per heavy atom. The van der Waals surface area contributed by atoms with Crippen LogP contribution >= 0.6 is 11.8 Å². The highest BCUT2D eigenvalue weighted by Crippen LogP contribution is 2.41. The molecule has 0 atom stereocenters. The molecule has 0 aromatic heterocycles. The molecular formula is C18H29NO2SSi. The predicted molar refractivity (Wildman–Crippen MR) is 102 cm³/mol. The van der Waals surface area contributed by atoms with Gasteiger partial charge in [-0.1, -0.05) is 44.7 Å². The van der Waals surface area contributed by atoms with Gasteiger partial charge in [-0.25, -0.2) is 0 Å². The smallest absolute Gasteiger partial charge is 0.254 e. The summed E-state index contributed by atoms with van der Waals surface area (Å²) in [4.78, 5) is 14.9. The third-order valence-corrected chi connectivity index (χ3v) is 9.72. The molecule has 1 aromatic carbocycles. The molecule has 1 aromatic rings. The lowest BCUT2D eigenvalue weighted by Crippen LogP contribution is -2.40. The average molecular weight is 352 g/mol. The van der Waals surface area contributed by atoms with Crippen LogP contribution in [-0.2, 0) is 4.43 Å². The second-order valence-electron chi connectivity index (χ2n) is 7.27. The first-order valence-corrected chi connectivity index (χ1v) is 11.6. The Morgan fingerprint density at radius 1 is 1.22 bits per heavy atom. The van der Waals surface area contributed by atoms with Gasteiger partial charge in [0.25, 0.3) is 14.2 Å². The number of nitrogens with zero attached hydrogens (tertiary/aromatic N) is 1. The van der Waals surface area contributed by atoms with E-state index >= 15 is 0 Å². The number of hydrogen-bond acceptors (Lipinski definition) is 3. The molecule has 0 heterocycles. The molecule has 1 rings (SSSR count). The first-order chi connectivity index (χ1) is 10.5. The van der Waals surface area contributed by atoms with Gasteiger partial charge in [0.1, 0.15) is 5.09 Å². The molecule has 0 fully saturated rings. The number of thioether (sulfide) groups is 1. The van der Waals surface area contributed by atoms with E-state index in [1.165, 1.54) is 11.8 Å². The van der Waals surface area contributed by atoms with Crippen molar-refractivity contribution in [1.82, 2.24) is 4.90 Å². The lowest BCUT2D eigenvalue weighted by molar-refractivity contribution is 0.0824. The summed E-state index contributed by atoms with van der Waals surface area (Å²) in [6.45, 7) is 13.1. The Bertz CT molecular complexity index is 589. The van der Waals surface area contributed by atoms with Crippen molar-refractivity contribution in [3.63, 3.8) is 0 Å². The van der Waals surface area contributed by atoms with Crippen LogP contribution in [0.3, 0.4) is 0 Å². The normalized spacial score (nSPS) is 13.0. The zero-order valence-corrected chi connectivity index (χ0v) is 17.4. The molecular weight excluding hydrogens is 322 g/mol. The topological polar surface area (TPSA) is 29.5 Å². The number of hydrogen-bond donors (Lipinski definition) is 0. The van der Waals surface area contributed by atoms with Crippen LogP contribution in [0.5, 0.6) is 0 Å². The van der Waals surface area contributed by atoms with E-state index in [-0.39, 0.29) is 10.9 Å². The number of benzene rings is 1. The molecule has 0 spiro atoms. The molecule has 0 N–H and O–H groups in total. The Kier molecular flexibility index (Phi) is 6.54. The Labute approximate surface area is 146 Å². The van der Waals surface area contributed by atoms with Crippen LogP contribution in [0, 0.1) is 0 Å². The fraction of sp³-hybridized carbons (Fsp3) is 0.500. The van der Waals surface area contributed by atoms with Gasteiger partial charge in [-0.15, -0.1) is 0 Å². The molecule has 3 nitrogen and oxygen atoms in total. The fourth-order valence-electron chi connectivity index (χ4n) is 1.62. The largest absolute Gasteiger partial charge is 0.539 e. The zero-order valence-electron chi connectivity index (χ0n) is 15.6. The molecule has 0 radical (unpaired) electrons. The van der Waals surface area contributed by atoms with Crippen molar-refractivity contribution in [2.45, 2.75) is 50.7 Å².